The molecule has 0 radical (unpaired) electrons. The van der Waals surface area contributed by atoms with E-state index in [1.54, 1.807) is 12.1 Å². The zero-order chi connectivity index (χ0) is 12.4. The molecule has 2 rings (SSSR count). The average molecular weight is 317 g/mol. The lowest BCUT2D eigenvalue weighted by molar-refractivity contribution is 0.628. The normalized spacial score (nSPS) is 10.3. The van der Waals surface area contributed by atoms with E-state index < -0.39 is 5.82 Å². The summed E-state index contributed by atoms with van der Waals surface area (Å²) in [6.07, 6.45) is 1.51. The molecule has 3 nitrogen and oxygen atoms in total. The first-order valence-electron chi connectivity index (χ1n) is 4.69. The van der Waals surface area contributed by atoms with E-state index in [1.807, 2.05) is 0 Å². The minimum Gasteiger partial charge on any atom is -0.397 e. The maximum atomic E-state index is 13.1. The van der Waals surface area contributed by atoms with Crippen LogP contribution in [-0.4, -0.2) is 4.98 Å². The summed E-state index contributed by atoms with van der Waals surface area (Å²) in [4.78, 5) is 4.08. The molecule has 0 spiro atoms. The van der Waals surface area contributed by atoms with Crippen LogP contribution < -0.4 is 11.1 Å². The summed E-state index contributed by atoms with van der Waals surface area (Å²) in [6.45, 7) is 0. The maximum absolute atomic E-state index is 13.1. The number of rotatable bonds is 2. The molecule has 0 saturated carbocycles. The molecule has 1 heterocycles. The summed E-state index contributed by atoms with van der Waals surface area (Å²) in [5.74, 6) is 0.132. The fourth-order valence-corrected chi connectivity index (χ4v) is 2.00. The lowest BCUT2D eigenvalue weighted by Crippen LogP contribution is -1.97. The molecule has 2 aromatic rings. The number of nitrogen functional groups attached to an aromatic ring is 1. The highest BCUT2D eigenvalue weighted by atomic mass is 79.9. The van der Waals surface area contributed by atoms with E-state index in [4.69, 9.17) is 17.3 Å². The molecule has 88 valence electrons. The van der Waals surface area contributed by atoms with Gasteiger partial charge in [-0.1, -0.05) is 11.6 Å². The molecule has 1 aromatic heterocycles. The number of benzene rings is 1. The minimum atomic E-state index is -0.411. The quantitative estimate of drug-likeness (QED) is 0.881. The molecule has 0 atom stereocenters. The number of nitrogens with zero attached hydrogens (tertiary/aromatic N) is 1. The molecular formula is C11H8BrClFN3. The summed E-state index contributed by atoms with van der Waals surface area (Å²) in [5, 5.41) is 3.26. The van der Waals surface area contributed by atoms with Crippen LogP contribution in [0.5, 0.6) is 0 Å². The van der Waals surface area contributed by atoms with Gasteiger partial charge in [0.1, 0.15) is 11.6 Å². The highest BCUT2D eigenvalue weighted by molar-refractivity contribution is 9.10. The van der Waals surface area contributed by atoms with Crippen LogP contribution >= 0.6 is 27.5 Å². The van der Waals surface area contributed by atoms with Crippen molar-refractivity contribution in [3.05, 3.63) is 45.8 Å². The van der Waals surface area contributed by atoms with Crippen molar-refractivity contribution >= 4 is 44.7 Å². The van der Waals surface area contributed by atoms with Gasteiger partial charge in [-0.3, -0.25) is 0 Å². The molecular weight excluding hydrogens is 308 g/mol. The van der Waals surface area contributed by atoms with Gasteiger partial charge >= 0.3 is 0 Å². The van der Waals surface area contributed by atoms with E-state index in [9.17, 15) is 4.39 Å². The fourth-order valence-electron chi connectivity index (χ4n) is 1.31. The Hall–Kier alpha value is -1.33. The van der Waals surface area contributed by atoms with Crippen LogP contribution in [0.1, 0.15) is 0 Å². The highest BCUT2D eigenvalue weighted by Crippen LogP contribution is 2.27. The van der Waals surface area contributed by atoms with E-state index in [0.717, 1.165) is 0 Å². The van der Waals surface area contributed by atoms with Crippen LogP contribution in [-0.2, 0) is 0 Å². The Bertz CT molecular complexity index is 542. The molecule has 3 N–H and O–H groups in total. The van der Waals surface area contributed by atoms with Gasteiger partial charge in [-0.05, 0) is 40.2 Å². The van der Waals surface area contributed by atoms with Crippen LogP contribution in [0.2, 0.25) is 5.02 Å². The predicted molar refractivity (Wildman–Crippen MR) is 71.0 cm³/mol. The summed E-state index contributed by atoms with van der Waals surface area (Å²) >= 11 is 9.06. The van der Waals surface area contributed by atoms with E-state index in [1.165, 1.54) is 18.3 Å². The largest absolute Gasteiger partial charge is 0.397 e. The van der Waals surface area contributed by atoms with Crippen molar-refractivity contribution in [1.82, 2.24) is 4.98 Å². The average Bonchev–Trinajstić information content (AvgIpc) is 2.21. The second-order valence-corrected chi connectivity index (χ2v) is 4.67. The fraction of sp³-hybridized carbons (Fsp3) is 0. The summed E-state index contributed by atoms with van der Waals surface area (Å²) in [5.41, 5.74) is 6.63. The third kappa shape index (κ3) is 3.08. The molecule has 17 heavy (non-hydrogen) atoms. The number of nitrogens with one attached hydrogen (secondary N) is 1. The molecule has 0 unspecified atom stereocenters. The van der Waals surface area contributed by atoms with Gasteiger partial charge in [0.05, 0.1) is 16.4 Å². The highest BCUT2D eigenvalue weighted by Gasteiger charge is 2.04. The minimum absolute atomic E-state index is 0.319. The Kier molecular flexibility index (Phi) is 3.49. The van der Waals surface area contributed by atoms with Crippen molar-refractivity contribution in [3.8, 4) is 0 Å². The molecule has 1 aromatic carbocycles. The van der Waals surface area contributed by atoms with Crippen molar-refractivity contribution in [1.29, 1.82) is 0 Å². The topological polar surface area (TPSA) is 50.9 Å². The zero-order valence-corrected chi connectivity index (χ0v) is 10.9. The summed E-state index contributed by atoms with van der Waals surface area (Å²) in [6, 6.07) is 5.87. The number of hydrogen-bond acceptors (Lipinski definition) is 3. The maximum Gasteiger partial charge on any atom is 0.144 e. The Morgan fingerprint density at radius 2 is 2.06 bits per heavy atom. The van der Waals surface area contributed by atoms with E-state index in [2.05, 4.69) is 26.2 Å². The first-order valence-corrected chi connectivity index (χ1v) is 5.86. The van der Waals surface area contributed by atoms with Gasteiger partial charge in [-0.2, -0.15) is 0 Å². The molecule has 0 aliphatic rings. The van der Waals surface area contributed by atoms with Crippen LogP contribution in [0.15, 0.2) is 34.9 Å². The number of anilines is 3. The Morgan fingerprint density at radius 3 is 2.71 bits per heavy atom. The SMILES string of the molecule is Nc1cnc(Nc2cc(F)cc(Cl)c2)c(Br)c1. The van der Waals surface area contributed by atoms with Gasteiger partial charge in [0.15, 0.2) is 0 Å². The van der Waals surface area contributed by atoms with Crippen LogP contribution in [0.25, 0.3) is 0 Å². The molecule has 0 amide bonds. The van der Waals surface area contributed by atoms with Crippen molar-refractivity contribution in [2.24, 2.45) is 0 Å². The Morgan fingerprint density at radius 1 is 1.29 bits per heavy atom. The van der Waals surface area contributed by atoms with Crippen LogP contribution in [0, 0.1) is 5.82 Å². The zero-order valence-electron chi connectivity index (χ0n) is 8.55. The smallest absolute Gasteiger partial charge is 0.144 e. The third-order valence-electron chi connectivity index (χ3n) is 1.99. The number of hydrogen-bond donors (Lipinski definition) is 2. The second kappa shape index (κ2) is 4.89. The van der Waals surface area contributed by atoms with Gasteiger partial charge in [-0.25, -0.2) is 9.37 Å². The van der Waals surface area contributed by atoms with Crippen molar-refractivity contribution in [2.45, 2.75) is 0 Å². The monoisotopic (exact) mass is 315 g/mol. The second-order valence-electron chi connectivity index (χ2n) is 3.38. The molecule has 0 aliphatic carbocycles. The van der Waals surface area contributed by atoms with Gasteiger partial charge in [0.25, 0.3) is 0 Å². The van der Waals surface area contributed by atoms with Gasteiger partial charge in [-0.15, -0.1) is 0 Å². The number of nitrogens with two attached hydrogens (primary N) is 1. The van der Waals surface area contributed by atoms with Gasteiger partial charge in [0.2, 0.25) is 0 Å². The molecule has 0 bridgehead atoms. The standard InChI is InChI=1S/C11H8BrClFN3/c12-10-4-8(15)5-16-11(10)17-9-2-6(13)1-7(14)3-9/h1-5H,15H2,(H,16,17). The lowest BCUT2D eigenvalue weighted by atomic mass is 10.3. The Balaban J connectivity index is 2.31. The number of aromatic nitrogens is 1. The summed E-state index contributed by atoms with van der Waals surface area (Å²) < 4.78 is 13.8. The van der Waals surface area contributed by atoms with E-state index >= 15 is 0 Å². The molecule has 0 saturated heterocycles. The Labute approximate surface area is 111 Å². The van der Waals surface area contributed by atoms with Crippen LogP contribution in [0.3, 0.4) is 0 Å². The number of pyridine rings is 1. The van der Waals surface area contributed by atoms with Gasteiger partial charge < -0.3 is 11.1 Å². The predicted octanol–water partition coefficient (Wildman–Crippen LogP) is 3.96. The van der Waals surface area contributed by atoms with Gasteiger partial charge in [0, 0.05) is 10.7 Å². The summed E-state index contributed by atoms with van der Waals surface area (Å²) in [7, 11) is 0. The number of halogens is 3. The van der Waals surface area contributed by atoms with Crippen molar-refractivity contribution in [3.63, 3.8) is 0 Å². The van der Waals surface area contributed by atoms with Crippen LogP contribution in [0.4, 0.5) is 21.6 Å². The van der Waals surface area contributed by atoms with E-state index in [0.29, 0.717) is 26.7 Å². The molecule has 6 heteroatoms. The van der Waals surface area contributed by atoms with E-state index in [-0.39, 0.29) is 0 Å². The van der Waals surface area contributed by atoms with Crippen molar-refractivity contribution < 1.29 is 4.39 Å². The molecule has 0 fully saturated rings. The third-order valence-corrected chi connectivity index (χ3v) is 2.81. The molecule has 0 aliphatic heterocycles. The first kappa shape index (κ1) is 12.1. The first-order chi connectivity index (χ1) is 8.04. The van der Waals surface area contributed by atoms with Crippen molar-refractivity contribution in [2.75, 3.05) is 11.1 Å². The lowest BCUT2D eigenvalue weighted by Gasteiger charge is -2.08.